The Balaban J connectivity index is 1.56. The number of nitrogens with zero attached hydrogens (tertiary/aromatic N) is 3. The topological polar surface area (TPSA) is 118 Å². The van der Waals surface area contributed by atoms with E-state index in [0.29, 0.717) is 30.9 Å². The fraction of sp³-hybridized carbons (Fsp3) is 0.636. The standard InChI is InChI=1S/C22H34N4O7S/c1-4-33-22(28)24-10-12-25(13-11-24)34(29,30)26-9-5-6-18(16-26)21(27)23-15-17-7-8-19(31-2)14-20(17)32-3/h7-8,14,18H,4-6,9-13,15-16H2,1-3H3,(H,23,27)/t18-/m1/s1. The lowest BCUT2D eigenvalue weighted by molar-refractivity contribution is -0.126. The lowest BCUT2D eigenvalue weighted by Crippen LogP contribution is -2.56. The predicted octanol–water partition coefficient (Wildman–Crippen LogP) is 1.05. The van der Waals surface area contributed by atoms with Crippen LogP contribution in [0.1, 0.15) is 25.3 Å². The van der Waals surface area contributed by atoms with Gasteiger partial charge in [-0.25, -0.2) is 4.79 Å². The monoisotopic (exact) mass is 498 g/mol. The van der Waals surface area contributed by atoms with Crippen LogP contribution in [-0.4, -0.2) is 94.0 Å². The van der Waals surface area contributed by atoms with E-state index < -0.39 is 22.2 Å². The van der Waals surface area contributed by atoms with E-state index >= 15 is 0 Å². The molecule has 0 saturated carbocycles. The lowest BCUT2D eigenvalue weighted by atomic mass is 9.98. The number of ether oxygens (including phenoxy) is 3. The number of rotatable bonds is 8. The van der Waals surface area contributed by atoms with Gasteiger partial charge in [-0.3, -0.25) is 4.79 Å². The third kappa shape index (κ3) is 6.10. The summed E-state index contributed by atoms with van der Waals surface area (Å²) in [5.74, 6) is 0.635. The maximum absolute atomic E-state index is 13.2. The van der Waals surface area contributed by atoms with Gasteiger partial charge in [-0.15, -0.1) is 0 Å². The predicted molar refractivity (Wildman–Crippen MR) is 125 cm³/mol. The Hall–Kier alpha value is -2.57. The minimum Gasteiger partial charge on any atom is -0.497 e. The van der Waals surface area contributed by atoms with Gasteiger partial charge in [0.25, 0.3) is 10.2 Å². The summed E-state index contributed by atoms with van der Waals surface area (Å²) in [6, 6.07) is 5.37. The second-order valence-electron chi connectivity index (χ2n) is 8.19. The van der Waals surface area contributed by atoms with E-state index in [2.05, 4.69) is 5.32 Å². The van der Waals surface area contributed by atoms with Gasteiger partial charge in [-0.1, -0.05) is 0 Å². The third-order valence-electron chi connectivity index (χ3n) is 6.12. The average molecular weight is 499 g/mol. The minimum absolute atomic E-state index is 0.131. The molecule has 34 heavy (non-hydrogen) atoms. The van der Waals surface area contributed by atoms with Crippen molar-refractivity contribution in [1.29, 1.82) is 0 Å². The normalized spacial score (nSPS) is 20.0. The summed E-state index contributed by atoms with van der Waals surface area (Å²) in [5.41, 5.74) is 0.802. The first-order valence-corrected chi connectivity index (χ1v) is 12.8. The van der Waals surface area contributed by atoms with Crippen LogP contribution in [0, 0.1) is 5.92 Å². The van der Waals surface area contributed by atoms with Crippen LogP contribution in [0.25, 0.3) is 0 Å². The van der Waals surface area contributed by atoms with E-state index in [-0.39, 0.29) is 51.8 Å². The van der Waals surface area contributed by atoms with Crippen LogP contribution in [-0.2, 0) is 26.3 Å². The molecule has 2 amide bonds. The molecule has 0 radical (unpaired) electrons. The number of nitrogens with one attached hydrogen (secondary N) is 1. The van der Waals surface area contributed by atoms with Crippen LogP contribution in [0.2, 0.25) is 0 Å². The summed E-state index contributed by atoms with van der Waals surface area (Å²) in [4.78, 5) is 26.2. The van der Waals surface area contributed by atoms with Crippen molar-refractivity contribution in [2.75, 3.05) is 60.1 Å². The fourth-order valence-electron chi connectivity index (χ4n) is 4.17. The molecule has 190 valence electrons. The van der Waals surface area contributed by atoms with Gasteiger partial charge in [0, 0.05) is 57.4 Å². The average Bonchev–Trinajstić information content (AvgIpc) is 2.87. The Morgan fingerprint density at radius 3 is 2.44 bits per heavy atom. The maximum atomic E-state index is 13.2. The number of carbonyl (C=O) groups is 2. The third-order valence-corrected chi connectivity index (χ3v) is 8.12. The van der Waals surface area contributed by atoms with Crippen LogP contribution in [0.4, 0.5) is 4.79 Å². The zero-order valence-corrected chi connectivity index (χ0v) is 20.8. The summed E-state index contributed by atoms with van der Waals surface area (Å²) in [5, 5.41) is 2.91. The molecule has 0 bridgehead atoms. The molecule has 0 aliphatic carbocycles. The lowest BCUT2D eigenvalue weighted by Gasteiger charge is -2.38. The highest BCUT2D eigenvalue weighted by Crippen LogP contribution is 2.26. The van der Waals surface area contributed by atoms with Crippen LogP contribution in [0.5, 0.6) is 11.5 Å². The van der Waals surface area contributed by atoms with Gasteiger partial charge < -0.3 is 24.4 Å². The van der Waals surface area contributed by atoms with Crippen molar-refractivity contribution >= 4 is 22.2 Å². The highest BCUT2D eigenvalue weighted by Gasteiger charge is 2.37. The number of carbonyl (C=O) groups excluding carboxylic acids is 2. The Labute approximate surface area is 201 Å². The van der Waals surface area contributed by atoms with Gasteiger partial charge in [-0.05, 0) is 31.9 Å². The molecule has 1 aromatic rings. The Morgan fingerprint density at radius 2 is 1.79 bits per heavy atom. The second-order valence-corrected chi connectivity index (χ2v) is 10.1. The first-order chi connectivity index (χ1) is 16.3. The van der Waals surface area contributed by atoms with Crippen molar-refractivity contribution < 1.29 is 32.2 Å². The molecule has 2 aliphatic heterocycles. The molecular formula is C22H34N4O7S. The molecule has 0 unspecified atom stereocenters. The molecule has 1 N–H and O–H groups in total. The van der Waals surface area contributed by atoms with E-state index in [9.17, 15) is 18.0 Å². The van der Waals surface area contributed by atoms with E-state index in [1.165, 1.54) is 13.5 Å². The maximum Gasteiger partial charge on any atom is 0.409 e. The first kappa shape index (κ1) is 26.0. The molecular weight excluding hydrogens is 464 g/mol. The van der Waals surface area contributed by atoms with E-state index in [1.807, 2.05) is 6.07 Å². The SMILES string of the molecule is CCOC(=O)N1CCN(S(=O)(=O)N2CCC[C@@H](C(=O)NCc3ccc(OC)cc3OC)C2)CC1. The highest BCUT2D eigenvalue weighted by atomic mass is 32.2. The summed E-state index contributed by atoms with van der Waals surface area (Å²) < 4.78 is 44.7. The van der Waals surface area contributed by atoms with E-state index in [1.54, 1.807) is 33.3 Å². The summed E-state index contributed by atoms with van der Waals surface area (Å²) >= 11 is 0. The smallest absolute Gasteiger partial charge is 0.409 e. The number of amides is 2. The number of hydrogen-bond acceptors (Lipinski definition) is 7. The zero-order chi connectivity index (χ0) is 24.7. The zero-order valence-electron chi connectivity index (χ0n) is 20.0. The molecule has 2 aliphatic rings. The van der Waals surface area contributed by atoms with Crippen molar-refractivity contribution in [2.45, 2.75) is 26.3 Å². The van der Waals surface area contributed by atoms with Gasteiger partial charge in [0.15, 0.2) is 0 Å². The molecule has 11 nitrogen and oxygen atoms in total. The van der Waals surface area contributed by atoms with Crippen molar-refractivity contribution in [2.24, 2.45) is 5.92 Å². The molecule has 2 saturated heterocycles. The van der Waals surface area contributed by atoms with Gasteiger partial charge >= 0.3 is 6.09 Å². The van der Waals surface area contributed by atoms with Crippen molar-refractivity contribution in [3.63, 3.8) is 0 Å². The van der Waals surface area contributed by atoms with Crippen LogP contribution in [0.3, 0.4) is 0 Å². The van der Waals surface area contributed by atoms with Gasteiger partial charge in [0.1, 0.15) is 11.5 Å². The molecule has 1 aromatic carbocycles. The van der Waals surface area contributed by atoms with Gasteiger partial charge in [0.05, 0.1) is 26.7 Å². The molecule has 0 spiro atoms. The highest BCUT2D eigenvalue weighted by molar-refractivity contribution is 7.86. The number of hydrogen-bond donors (Lipinski definition) is 1. The van der Waals surface area contributed by atoms with Crippen LogP contribution in [0.15, 0.2) is 18.2 Å². The number of methoxy groups -OCH3 is 2. The molecule has 2 heterocycles. The van der Waals surface area contributed by atoms with Crippen molar-refractivity contribution in [3.8, 4) is 11.5 Å². The number of piperidine rings is 1. The summed E-state index contributed by atoms with van der Waals surface area (Å²) in [6.45, 7) is 3.74. The number of benzene rings is 1. The van der Waals surface area contributed by atoms with Crippen molar-refractivity contribution in [1.82, 2.24) is 18.8 Å². The second kappa shape index (κ2) is 11.7. The summed E-state index contributed by atoms with van der Waals surface area (Å²) in [7, 11) is -0.603. The van der Waals surface area contributed by atoms with Crippen molar-refractivity contribution in [3.05, 3.63) is 23.8 Å². The molecule has 12 heteroatoms. The molecule has 2 fully saturated rings. The fourth-order valence-corrected chi connectivity index (χ4v) is 5.85. The Morgan fingerprint density at radius 1 is 1.06 bits per heavy atom. The largest absolute Gasteiger partial charge is 0.497 e. The van der Waals surface area contributed by atoms with Gasteiger partial charge in [-0.2, -0.15) is 17.0 Å². The Kier molecular flexibility index (Phi) is 8.97. The van der Waals surface area contributed by atoms with Crippen LogP contribution >= 0.6 is 0 Å². The number of piperazine rings is 1. The van der Waals surface area contributed by atoms with Crippen LogP contribution < -0.4 is 14.8 Å². The minimum atomic E-state index is -3.72. The molecule has 1 atom stereocenters. The summed E-state index contributed by atoms with van der Waals surface area (Å²) in [6.07, 6.45) is 0.794. The molecule has 0 aromatic heterocycles. The van der Waals surface area contributed by atoms with Gasteiger partial charge in [0.2, 0.25) is 5.91 Å². The Bertz CT molecular complexity index is 964. The van der Waals surface area contributed by atoms with E-state index in [0.717, 1.165) is 5.56 Å². The van der Waals surface area contributed by atoms with E-state index in [4.69, 9.17) is 14.2 Å². The first-order valence-electron chi connectivity index (χ1n) is 11.5. The molecule has 3 rings (SSSR count). The quantitative estimate of drug-likeness (QED) is 0.569.